The summed E-state index contributed by atoms with van der Waals surface area (Å²) in [6, 6.07) is -0.0979. The van der Waals surface area contributed by atoms with Crippen molar-refractivity contribution in [1.82, 2.24) is 0 Å². The number of phenols is 1. The number of rotatable bonds is 2. The Morgan fingerprint density at radius 2 is 2.00 bits per heavy atom. The maximum atomic E-state index is 13.2. The molecule has 0 amide bonds. The van der Waals surface area contributed by atoms with E-state index in [1.807, 2.05) is 0 Å². The summed E-state index contributed by atoms with van der Waals surface area (Å²) in [7, 11) is 0. The van der Waals surface area contributed by atoms with Gasteiger partial charge in [-0.15, -0.1) is 12.4 Å². The van der Waals surface area contributed by atoms with E-state index < -0.39 is 23.4 Å². The van der Waals surface area contributed by atoms with Crippen LogP contribution in [0.4, 0.5) is 8.78 Å². The van der Waals surface area contributed by atoms with Crippen LogP contribution in [0.2, 0.25) is 0 Å². The Morgan fingerprint density at radius 3 is 2.47 bits per heavy atom. The van der Waals surface area contributed by atoms with E-state index >= 15 is 0 Å². The Kier molecular flexibility index (Phi) is 5.44. The molecule has 0 radical (unpaired) electrons. The number of hydrogen-bond donors (Lipinski definition) is 3. The van der Waals surface area contributed by atoms with E-state index in [1.54, 1.807) is 0 Å². The average Bonchev–Trinajstić information content (AvgIpc) is 2.15. The summed E-state index contributed by atoms with van der Waals surface area (Å²) in [6.45, 7) is -0.0830. The van der Waals surface area contributed by atoms with Crippen LogP contribution in [0.1, 0.15) is 11.6 Å². The molecule has 7 heteroatoms. The Morgan fingerprint density at radius 1 is 1.47 bits per heavy atom. The second-order valence-electron chi connectivity index (χ2n) is 2.76. The Bertz CT molecular complexity index is 339. The normalized spacial score (nSPS) is 12.1. The van der Waals surface area contributed by atoms with Crippen molar-refractivity contribution in [2.24, 2.45) is 11.5 Å². The molecule has 0 saturated heterocycles. The summed E-state index contributed by atoms with van der Waals surface area (Å²) < 4.78 is 26.1. The summed E-state index contributed by atoms with van der Waals surface area (Å²) >= 11 is 2.88. The van der Waals surface area contributed by atoms with Crippen molar-refractivity contribution in [1.29, 1.82) is 0 Å². The average molecular weight is 304 g/mol. The minimum absolute atomic E-state index is 0. The van der Waals surface area contributed by atoms with Crippen molar-refractivity contribution in [3.63, 3.8) is 0 Å². The summed E-state index contributed by atoms with van der Waals surface area (Å²) in [5, 5.41) is 9.42. The molecule has 0 aliphatic heterocycles. The first kappa shape index (κ1) is 14.6. The third kappa shape index (κ3) is 2.78. The first-order valence-corrected chi connectivity index (χ1v) is 4.60. The van der Waals surface area contributed by atoms with E-state index in [0.717, 1.165) is 6.07 Å². The standard InChI is InChI=1S/C8H9BrF2N2O.ClH/c9-3-1-4(10)7(11)6(8(3)14)5(13)2-12;/h1,5,14H,2,12-13H2;1H/t5-;/m0./s1. The lowest BCUT2D eigenvalue weighted by atomic mass is 10.1. The summed E-state index contributed by atoms with van der Waals surface area (Å²) in [6.07, 6.45) is 0. The van der Waals surface area contributed by atoms with Gasteiger partial charge in [0.15, 0.2) is 11.6 Å². The molecule has 1 aromatic rings. The van der Waals surface area contributed by atoms with Gasteiger partial charge >= 0.3 is 0 Å². The lowest BCUT2D eigenvalue weighted by Crippen LogP contribution is -2.22. The molecule has 0 aromatic heterocycles. The van der Waals surface area contributed by atoms with Crippen LogP contribution in [0.15, 0.2) is 10.5 Å². The molecular formula is C8H10BrClF2N2O. The molecular weight excluding hydrogens is 293 g/mol. The molecule has 5 N–H and O–H groups in total. The molecule has 0 saturated carbocycles. The van der Waals surface area contributed by atoms with Crippen LogP contribution in [0.3, 0.4) is 0 Å². The molecule has 0 fully saturated rings. The van der Waals surface area contributed by atoms with Gasteiger partial charge < -0.3 is 16.6 Å². The van der Waals surface area contributed by atoms with Crippen LogP contribution < -0.4 is 11.5 Å². The lowest BCUT2D eigenvalue weighted by molar-refractivity contribution is 0.428. The maximum absolute atomic E-state index is 13.2. The molecule has 0 bridgehead atoms. The fourth-order valence-electron chi connectivity index (χ4n) is 1.06. The predicted octanol–water partition coefficient (Wildman–Crippen LogP) is 1.81. The molecule has 0 unspecified atom stereocenters. The summed E-state index contributed by atoms with van der Waals surface area (Å²) in [5.74, 6) is -2.65. The quantitative estimate of drug-likeness (QED) is 0.730. The Balaban J connectivity index is 0.00000196. The van der Waals surface area contributed by atoms with Crippen LogP contribution >= 0.6 is 28.3 Å². The molecule has 86 valence electrons. The SMILES string of the molecule is Cl.NC[C@H](N)c1c(O)c(Br)cc(F)c1F. The van der Waals surface area contributed by atoms with Crippen LogP contribution in [0.5, 0.6) is 5.75 Å². The second kappa shape index (κ2) is 5.60. The van der Waals surface area contributed by atoms with Gasteiger partial charge in [-0.2, -0.15) is 0 Å². The highest BCUT2D eigenvalue weighted by Gasteiger charge is 2.21. The summed E-state index contributed by atoms with van der Waals surface area (Å²) in [4.78, 5) is 0. The highest BCUT2D eigenvalue weighted by Crippen LogP contribution is 2.34. The van der Waals surface area contributed by atoms with Crippen LogP contribution in [0, 0.1) is 11.6 Å². The zero-order chi connectivity index (χ0) is 10.9. The highest BCUT2D eigenvalue weighted by molar-refractivity contribution is 9.10. The van der Waals surface area contributed by atoms with Crippen molar-refractivity contribution in [2.75, 3.05) is 6.54 Å². The van der Waals surface area contributed by atoms with Crippen LogP contribution in [-0.4, -0.2) is 11.7 Å². The minimum atomic E-state index is -1.16. The lowest BCUT2D eigenvalue weighted by Gasteiger charge is -2.13. The van der Waals surface area contributed by atoms with Crippen molar-refractivity contribution in [2.45, 2.75) is 6.04 Å². The van der Waals surface area contributed by atoms with Crippen molar-refractivity contribution < 1.29 is 13.9 Å². The third-order valence-electron chi connectivity index (χ3n) is 1.81. The van der Waals surface area contributed by atoms with Gasteiger partial charge in [0.2, 0.25) is 0 Å². The monoisotopic (exact) mass is 302 g/mol. The van der Waals surface area contributed by atoms with E-state index in [2.05, 4.69) is 15.9 Å². The van der Waals surface area contributed by atoms with E-state index in [9.17, 15) is 13.9 Å². The summed E-state index contributed by atoms with van der Waals surface area (Å²) in [5.41, 5.74) is 10.3. The predicted molar refractivity (Wildman–Crippen MR) is 59.0 cm³/mol. The zero-order valence-corrected chi connectivity index (χ0v) is 9.91. The van der Waals surface area contributed by atoms with E-state index in [-0.39, 0.29) is 29.0 Å². The fraction of sp³-hybridized carbons (Fsp3) is 0.250. The van der Waals surface area contributed by atoms with Crippen molar-refractivity contribution >= 4 is 28.3 Å². The molecule has 1 rings (SSSR count). The van der Waals surface area contributed by atoms with Gasteiger partial charge in [-0.3, -0.25) is 0 Å². The number of benzene rings is 1. The smallest absolute Gasteiger partial charge is 0.167 e. The Labute approximate surface area is 100.0 Å². The molecule has 0 aliphatic rings. The molecule has 0 heterocycles. The van der Waals surface area contributed by atoms with Gasteiger partial charge in [-0.05, 0) is 22.0 Å². The highest BCUT2D eigenvalue weighted by atomic mass is 79.9. The number of nitrogens with two attached hydrogens (primary N) is 2. The van der Waals surface area contributed by atoms with E-state index in [4.69, 9.17) is 11.5 Å². The van der Waals surface area contributed by atoms with Gasteiger partial charge in [-0.1, -0.05) is 0 Å². The second-order valence-corrected chi connectivity index (χ2v) is 3.61. The topological polar surface area (TPSA) is 72.3 Å². The van der Waals surface area contributed by atoms with E-state index in [0.29, 0.717) is 0 Å². The van der Waals surface area contributed by atoms with Gasteiger partial charge in [0, 0.05) is 12.6 Å². The molecule has 1 atom stereocenters. The molecule has 1 aromatic carbocycles. The third-order valence-corrected chi connectivity index (χ3v) is 2.41. The molecule has 3 nitrogen and oxygen atoms in total. The molecule has 0 spiro atoms. The largest absolute Gasteiger partial charge is 0.506 e. The van der Waals surface area contributed by atoms with Gasteiger partial charge in [0.1, 0.15) is 5.75 Å². The number of halogens is 4. The minimum Gasteiger partial charge on any atom is -0.506 e. The van der Waals surface area contributed by atoms with Crippen molar-refractivity contribution in [3.8, 4) is 5.75 Å². The van der Waals surface area contributed by atoms with Crippen LogP contribution in [0.25, 0.3) is 0 Å². The van der Waals surface area contributed by atoms with Crippen LogP contribution in [-0.2, 0) is 0 Å². The number of aromatic hydroxyl groups is 1. The fourth-order valence-corrected chi connectivity index (χ4v) is 1.48. The zero-order valence-electron chi connectivity index (χ0n) is 7.51. The van der Waals surface area contributed by atoms with E-state index in [1.165, 1.54) is 0 Å². The number of hydrogen-bond acceptors (Lipinski definition) is 3. The van der Waals surface area contributed by atoms with Gasteiger partial charge in [-0.25, -0.2) is 8.78 Å². The first-order chi connectivity index (χ1) is 6.49. The van der Waals surface area contributed by atoms with Crippen molar-refractivity contribution in [3.05, 3.63) is 27.7 Å². The number of phenolic OH excluding ortho intramolecular Hbond substituents is 1. The maximum Gasteiger partial charge on any atom is 0.167 e. The van der Waals surface area contributed by atoms with Gasteiger partial charge in [0.25, 0.3) is 0 Å². The Hall–Kier alpha value is -0.430. The molecule has 0 aliphatic carbocycles. The first-order valence-electron chi connectivity index (χ1n) is 3.81. The van der Waals surface area contributed by atoms with Gasteiger partial charge in [0.05, 0.1) is 10.0 Å². The molecule has 15 heavy (non-hydrogen) atoms.